The Labute approximate surface area is 90.3 Å². The molecular weight excluding hydrogens is 188 g/mol. The second-order valence-corrected chi connectivity index (χ2v) is 4.26. The summed E-state index contributed by atoms with van der Waals surface area (Å²) in [5, 5.41) is 3.37. The number of anilines is 1. The predicted molar refractivity (Wildman–Crippen MR) is 60.5 cm³/mol. The molecule has 2 heterocycles. The van der Waals surface area contributed by atoms with Gasteiger partial charge in [0.2, 0.25) is 5.95 Å². The van der Waals surface area contributed by atoms with Crippen LogP contribution in [0.3, 0.4) is 0 Å². The largest absolute Gasteiger partial charge is 0.368 e. The van der Waals surface area contributed by atoms with Crippen LogP contribution in [0.15, 0.2) is 6.07 Å². The van der Waals surface area contributed by atoms with E-state index in [9.17, 15) is 0 Å². The van der Waals surface area contributed by atoms with Crippen LogP contribution in [0.2, 0.25) is 0 Å². The molecule has 15 heavy (non-hydrogen) atoms. The average Bonchev–Trinajstić information content (AvgIpc) is 2.17. The Morgan fingerprint density at radius 2 is 2.13 bits per heavy atom. The van der Waals surface area contributed by atoms with Gasteiger partial charge >= 0.3 is 0 Å². The highest BCUT2D eigenvalue weighted by molar-refractivity contribution is 5.22. The molecule has 0 atom stereocenters. The zero-order valence-corrected chi connectivity index (χ0v) is 9.16. The van der Waals surface area contributed by atoms with E-state index in [1.165, 1.54) is 12.8 Å². The molecule has 4 heteroatoms. The van der Waals surface area contributed by atoms with E-state index in [1.54, 1.807) is 0 Å². The lowest BCUT2D eigenvalue weighted by Crippen LogP contribution is -2.28. The van der Waals surface area contributed by atoms with E-state index in [1.807, 2.05) is 13.0 Å². The number of nitrogens with zero attached hydrogens (tertiary/aromatic N) is 2. The Bertz CT molecular complexity index is 311. The molecule has 2 rings (SSSR count). The first-order valence-electron chi connectivity index (χ1n) is 5.55. The molecule has 0 amide bonds. The van der Waals surface area contributed by atoms with Crippen LogP contribution in [0.25, 0.3) is 0 Å². The lowest BCUT2D eigenvalue weighted by Gasteiger charge is -2.22. The van der Waals surface area contributed by atoms with E-state index in [4.69, 9.17) is 5.73 Å². The molecular formula is C11H18N4. The summed E-state index contributed by atoms with van der Waals surface area (Å²) in [5.74, 6) is 1.15. The minimum atomic E-state index is 0.402. The molecule has 0 aliphatic carbocycles. The quantitative estimate of drug-likeness (QED) is 0.755. The van der Waals surface area contributed by atoms with Gasteiger partial charge in [-0.05, 0) is 51.3 Å². The monoisotopic (exact) mass is 206 g/mol. The molecule has 0 saturated carbocycles. The second-order valence-electron chi connectivity index (χ2n) is 4.26. The molecule has 0 radical (unpaired) electrons. The molecule has 0 bridgehead atoms. The van der Waals surface area contributed by atoms with Gasteiger partial charge in [0, 0.05) is 11.4 Å². The number of nitrogens with one attached hydrogen (secondary N) is 1. The molecule has 82 valence electrons. The van der Waals surface area contributed by atoms with Crippen molar-refractivity contribution in [2.75, 3.05) is 18.8 Å². The summed E-state index contributed by atoms with van der Waals surface area (Å²) >= 11 is 0. The molecule has 0 spiro atoms. The highest BCUT2D eigenvalue weighted by Gasteiger charge is 2.14. The van der Waals surface area contributed by atoms with Crippen LogP contribution >= 0.6 is 0 Å². The van der Waals surface area contributed by atoms with Gasteiger partial charge in [-0.15, -0.1) is 0 Å². The Hall–Kier alpha value is -1.16. The first-order valence-corrected chi connectivity index (χ1v) is 5.55. The van der Waals surface area contributed by atoms with Crippen molar-refractivity contribution in [3.63, 3.8) is 0 Å². The van der Waals surface area contributed by atoms with Gasteiger partial charge in [-0.3, -0.25) is 0 Å². The van der Waals surface area contributed by atoms with Gasteiger partial charge in [0.05, 0.1) is 0 Å². The highest BCUT2D eigenvalue weighted by Crippen LogP contribution is 2.17. The van der Waals surface area contributed by atoms with Gasteiger partial charge in [0.15, 0.2) is 0 Å². The highest BCUT2D eigenvalue weighted by atomic mass is 15.0. The Morgan fingerprint density at radius 3 is 2.80 bits per heavy atom. The molecule has 1 aliphatic rings. The van der Waals surface area contributed by atoms with Crippen LogP contribution in [0.5, 0.6) is 0 Å². The third-order valence-electron chi connectivity index (χ3n) is 2.88. The maximum atomic E-state index is 5.63. The van der Waals surface area contributed by atoms with Crippen LogP contribution in [-0.2, 0) is 6.42 Å². The van der Waals surface area contributed by atoms with E-state index in [0.29, 0.717) is 5.95 Å². The van der Waals surface area contributed by atoms with Gasteiger partial charge in [0.25, 0.3) is 0 Å². The van der Waals surface area contributed by atoms with E-state index in [0.717, 1.165) is 36.8 Å². The number of rotatable bonds is 2. The van der Waals surface area contributed by atoms with Crippen molar-refractivity contribution in [3.05, 3.63) is 17.5 Å². The maximum absolute atomic E-state index is 5.63. The summed E-state index contributed by atoms with van der Waals surface area (Å²) in [5.41, 5.74) is 7.68. The summed E-state index contributed by atoms with van der Waals surface area (Å²) in [6.45, 7) is 4.22. The molecule has 1 aromatic rings. The third kappa shape index (κ3) is 2.89. The van der Waals surface area contributed by atoms with Gasteiger partial charge < -0.3 is 11.1 Å². The lowest BCUT2D eigenvalue weighted by molar-refractivity contribution is 0.370. The second kappa shape index (κ2) is 4.57. The number of aromatic nitrogens is 2. The van der Waals surface area contributed by atoms with Gasteiger partial charge in [-0.1, -0.05) is 0 Å². The molecule has 3 N–H and O–H groups in total. The zero-order valence-electron chi connectivity index (χ0n) is 9.16. The topological polar surface area (TPSA) is 63.8 Å². The number of aryl methyl sites for hydroxylation is 1. The standard InChI is InChI=1S/C11H18N4/c1-8-6-10(15-11(12)14-8)7-9-2-4-13-5-3-9/h6,9,13H,2-5,7H2,1H3,(H2,12,14,15). The van der Waals surface area contributed by atoms with Gasteiger partial charge in [0.1, 0.15) is 0 Å². The van der Waals surface area contributed by atoms with E-state index < -0.39 is 0 Å². The number of nitrogen functional groups attached to an aromatic ring is 1. The predicted octanol–water partition coefficient (Wildman–Crippen LogP) is 0.909. The van der Waals surface area contributed by atoms with Gasteiger partial charge in [-0.25, -0.2) is 9.97 Å². The lowest BCUT2D eigenvalue weighted by atomic mass is 9.93. The van der Waals surface area contributed by atoms with Crippen LogP contribution in [0.1, 0.15) is 24.2 Å². The third-order valence-corrected chi connectivity index (χ3v) is 2.88. The summed E-state index contributed by atoms with van der Waals surface area (Å²) in [6, 6.07) is 2.04. The van der Waals surface area contributed by atoms with Crippen molar-refractivity contribution < 1.29 is 0 Å². The van der Waals surface area contributed by atoms with Crippen molar-refractivity contribution in [1.29, 1.82) is 0 Å². The van der Waals surface area contributed by atoms with Crippen LogP contribution < -0.4 is 11.1 Å². The molecule has 0 unspecified atom stereocenters. The smallest absolute Gasteiger partial charge is 0.220 e. The van der Waals surface area contributed by atoms with Crippen molar-refractivity contribution in [1.82, 2.24) is 15.3 Å². The SMILES string of the molecule is Cc1cc(CC2CCNCC2)nc(N)n1. The Morgan fingerprint density at radius 1 is 1.40 bits per heavy atom. The van der Waals surface area contributed by atoms with Crippen molar-refractivity contribution in [2.24, 2.45) is 5.92 Å². The minimum absolute atomic E-state index is 0.402. The maximum Gasteiger partial charge on any atom is 0.220 e. The molecule has 1 aromatic heterocycles. The number of hydrogen-bond acceptors (Lipinski definition) is 4. The van der Waals surface area contributed by atoms with Crippen LogP contribution in [0, 0.1) is 12.8 Å². The first kappa shape index (κ1) is 10.4. The number of hydrogen-bond donors (Lipinski definition) is 2. The average molecular weight is 206 g/mol. The fourth-order valence-electron chi connectivity index (χ4n) is 2.14. The van der Waals surface area contributed by atoms with Crippen LogP contribution in [-0.4, -0.2) is 23.1 Å². The number of piperidine rings is 1. The normalized spacial score (nSPS) is 17.9. The van der Waals surface area contributed by atoms with Crippen molar-refractivity contribution in [3.8, 4) is 0 Å². The molecule has 1 saturated heterocycles. The van der Waals surface area contributed by atoms with Gasteiger partial charge in [-0.2, -0.15) is 0 Å². The molecule has 0 aromatic carbocycles. The summed E-state index contributed by atoms with van der Waals surface area (Å²) in [7, 11) is 0. The van der Waals surface area contributed by atoms with Crippen LogP contribution in [0.4, 0.5) is 5.95 Å². The molecule has 1 fully saturated rings. The Kier molecular flexibility index (Phi) is 3.16. The fourth-order valence-corrected chi connectivity index (χ4v) is 2.14. The summed E-state index contributed by atoms with van der Waals surface area (Å²) < 4.78 is 0. The minimum Gasteiger partial charge on any atom is -0.368 e. The zero-order chi connectivity index (χ0) is 10.7. The molecule has 1 aliphatic heterocycles. The Balaban J connectivity index is 2.02. The number of nitrogens with two attached hydrogens (primary N) is 1. The summed E-state index contributed by atoms with van der Waals surface area (Å²) in [6.07, 6.45) is 3.52. The summed E-state index contributed by atoms with van der Waals surface area (Å²) in [4.78, 5) is 8.36. The van der Waals surface area contributed by atoms with Crippen molar-refractivity contribution >= 4 is 5.95 Å². The van der Waals surface area contributed by atoms with Crippen molar-refractivity contribution in [2.45, 2.75) is 26.2 Å². The van der Waals surface area contributed by atoms with E-state index in [-0.39, 0.29) is 0 Å². The van der Waals surface area contributed by atoms with E-state index >= 15 is 0 Å². The fraction of sp³-hybridized carbons (Fsp3) is 0.636. The molecule has 4 nitrogen and oxygen atoms in total. The first-order chi connectivity index (χ1) is 7.24. The van der Waals surface area contributed by atoms with E-state index in [2.05, 4.69) is 15.3 Å².